The summed E-state index contributed by atoms with van der Waals surface area (Å²) in [5.74, 6) is 0.803. The minimum atomic E-state index is -0.931. The number of fused-ring (bicyclic) bond motifs is 1. The molecule has 0 saturated heterocycles. The molecule has 206 valence electrons. The van der Waals surface area contributed by atoms with Gasteiger partial charge in [-0.05, 0) is 63.6 Å². The Morgan fingerprint density at radius 1 is 1.08 bits per heavy atom. The normalized spacial score (nSPS) is 13.2. The lowest BCUT2D eigenvalue weighted by molar-refractivity contribution is -0.120. The predicted molar refractivity (Wildman–Crippen MR) is 148 cm³/mol. The standard InChI is InChI=1S/C29H31ClN2O7/c1-17(33)20-8-6-18(30)12-21(20)22-14-27(34)32(15-26(22)36-5)23(10-11-39-29(2,3)4)28(35)31-19-7-9-24-25(13-19)38-16-37-24/h6-9,12-15,23H,10-11,16H2,1-5H3,(H,31,35). The molecule has 0 fully saturated rings. The lowest BCUT2D eigenvalue weighted by atomic mass is 9.97. The minimum absolute atomic E-state index is 0.110. The van der Waals surface area contributed by atoms with E-state index in [1.807, 2.05) is 20.8 Å². The van der Waals surface area contributed by atoms with Gasteiger partial charge in [-0.2, -0.15) is 0 Å². The van der Waals surface area contributed by atoms with Crippen LogP contribution in [0.1, 0.15) is 50.5 Å². The first-order valence-electron chi connectivity index (χ1n) is 12.4. The molecule has 3 aromatic rings. The minimum Gasteiger partial charge on any atom is -0.495 e. The number of hydrogen-bond donors (Lipinski definition) is 1. The molecule has 0 radical (unpaired) electrons. The van der Waals surface area contributed by atoms with Gasteiger partial charge in [-0.1, -0.05) is 11.6 Å². The van der Waals surface area contributed by atoms with Crippen molar-refractivity contribution in [2.24, 2.45) is 0 Å². The smallest absolute Gasteiger partial charge is 0.252 e. The van der Waals surface area contributed by atoms with Gasteiger partial charge in [0, 0.05) is 47.0 Å². The van der Waals surface area contributed by atoms with Crippen molar-refractivity contribution < 1.29 is 28.5 Å². The first-order valence-corrected chi connectivity index (χ1v) is 12.8. The van der Waals surface area contributed by atoms with Gasteiger partial charge in [0.05, 0.1) is 18.9 Å². The topological polar surface area (TPSA) is 105 Å². The number of nitrogens with one attached hydrogen (secondary N) is 1. The van der Waals surface area contributed by atoms with Crippen LogP contribution in [0.2, 0.25) is 5.02 Å². The van der Waals surface area contributed by atoms with Gasteiger partial charge >= 0.3 is 0 Å². The molecule has 2 aromatic carbocycles. The number of amides is 1. The molecule has 1 unspecified atom stereocenters. The second-order valence-electron chi connectivity index (χ2n) is 10.1. The van der Waals surface area contributed by atoms with E-state index in [2.05, 4.69) is 5.32 Å². The Hall–Kier alpha value is -3.82. The molecule has 10 heteroatoms. The third-order valence-electron chi connectivity index (χ3n) is 6.12. The number of benzene rings is 2. The summed E-state index contributed by atoms with van der Waals surface area (Å²) in [6, 6.07) is 10.3. The van der Waals surface area contributed by atoms with E-state index in [-0.39, 0.29) is 25.6 Å². The Kier molecular flexibility index (Phi) is 8.32. The average molecular weight is 555 g/mol. The lowest BCUT2D eigenvalue weighted by Crippen LogP contribution is -2.34. The molecular formula is C29H31ClN2O7. The number of aromatic nitrogens is 1. The number of carbonyl (C=O) groups is 2. The van der Waals surface area contributed by atoms with Crippen LogP contribution in [0, 0.1) is 0 Å². The van der Waals surface area contributed by atoms with Crippen molar-refractivity contribution >= 4 is 29.0 Å². The number of hydrogen-bond acceptors (Lipinski definition) is 7. The van der Waals surface area contributed by atoms with Gasteiger partial charge in [0.2, 0.25) is 12.7 Å². The third-order valence-corrected chi connectivity index (χ3v) is 6.36. The van der Waals surface area contributed by atoms with E-state index in [1.54, 1.807) is 36.4 Å². The highest BCUT2D eigenvalue weighted by molar-refractivity contribution is 6.31. The zero-order chi connectivity index (χ0) is 28.3. The number of rotatable bonds is 9. The van der Waals surface area contributed by atoms with Crippen LogP contribution in [0.25, 0.3) is 11.1 Å². The first kappa shape index (κ1) is 28.2. The number of methoxy groups -OCH3 is 1. The van der Waals surface area contributed by atoms with Crippen LogP contribution < -0.4 is 25.1 Å². The molecule has 9 nitrogen and oxygen atoms in total. The van der Waals surface area contributed by atoms with Crippen LogP contribution in [0.3, 0.4) is 0 Å². The summed E-state index contributed by atoms with van der Waals surface area (Å²) in [5, 5.41) is 3.27. The molecule has 0 spiro atoms. The summed E-state index contributed by atoms with van der Waals surface area (Å²) in [5.41, 5.74) is 0.862. The van der Waals surface area contributed by atoms with Gasteiger partial charge in [-0.3, -0.25) is 19.0 Å². The van der Waals surface area contributed by atoms with E-state index < -0.39 is 23.1 Å². The fraction of sp³-hybridized carbons (Fsp3) is 0.345. The number of Topliss-reactive ketones (excluding diaryl/α,β-unsaturated/α-hetero) is 1. The van der Waals surface area contributed by atoms with E-state index in [0.717, 1.165) is 0 Å². The SMILES string of the molecule is COc1cn(C(CCOC(C)(C)C)C(=O)Nc2ccc3c(c2)OCO3)c(=O)cc1-c1cc(Cl)ccc1C(C)=O. The van der Waals surface area contributed by atoms with Gasteiger partial charge < -0.3 is 24.3 Å². The quantitative estimate of drug-likeness (QED) is 0.348. The maximum atomic E-state index is 13.6. The maximum absolute atomic E-state index is 13.6. The summed E-state index contributed by atoms with van der Waals surface area (Å²) in [6.45, 7) is 7.51. The van der Waals surface area contributed by atoms with Gasteiger partial charge in [0.15, 0.2) is 17.3 Å². The summed E-state index contributed by atoms with van der Waals surface area (Å²) in [6.07, 6.45) is 1.69. The van der Waals surface area contributed by atoms with Crippen LogP contribution >= 0.6 is 11.6 Å². The molecule has 2 heterocycles. The summed E-state index contributed by atoms with van der Waals surface area (Å²) in [4.78, 5) is 39.3. The van der Waals surface area contributed by atoms with Crippen molar-refractivity contribution in [1.82, 2.24) is 4.57 Å². The van der Waals surface area contributed by atoms with Crippen molar-refractivity contribution in [2.45, 2.75) is 45.8 Å². The van der Waals surface area contributed by atoms with Gasteiger partial charge in [0.1, 0.15) is 11.8 Å². The number of carbonyl (C=O) groups excluding carboxylic acids is 2. The van der Waals surface area contributed by atoms with Gasteiger partial charge in [-0.15, -0.1) is 0 Å². The van der Waals surface area contributed by atoms with E-state index >= 15 is 0 Å². The number of pyridine rings is 1. The first-order chi connectivity index (χ1) is 18.5. The van der Waals surface area contributed by atoms with Gasteiger partial charge in [-0.25, -0.2) is 0 Å². The number of halogens is 1. The monoisotopic (exact) mass is 554 g/mol. The highest BCUT2D eigenvalue weighted by Crippen LogP contribution is 2.36. The molecule has 39 heavy (non-hydrogen) atoms. The van der Waals surface area contributed by atoms with Crippen LogP contribution in [0.5, 0.6) is 17.2 Å². The Bertz CT molecular complexity index is 1460. The fourth-order valence-corrected chi connectivity index (χ4v) is 4.44. The Morgan fingerprint density at radius 2 is 1.82 bits per heavy atom. The average Bonchev–Trinajstić information content (AvgIpc) is 3.34. The second kappa shape index (κ2) is 11.5. The Labute approximate surface area is 231 Å². The van der Waals surface area contributed by atoms with Crippen LogP contribution in [-0.2, 0) is 9.53 Å². The van der Waals surface area contributed by atoms with Crippen molar-refractivity contribution in [3.63, 3.8) is 0 Å². The fourth-order valence-electron chi connectivity index (χ4n) is 4.26. The van der Waals surface area contributed by atoms with E-state index in [1.165, 1.54) is 30.9 Å². The van der Waals surface area contributed by atoms with E-state index in [9.17, 15) is 14.4 Å². The molecule has 0 aliphatic carbocycles. The molecule has 0 saturated carbocycles. The zero-order valence-electron chi connectivity index (χ0n) is 22.5. The lowest BCUT2D eigenvalue weighted by Gasteiger charge is -2.24. The highest BCUT2D eigenvalue weighted by Gasteiger charge is 2.26. The van der Waals surface area contributed by atoms with Crippen LogP contribution in [-0.4, -0.2) is 42.4 Å². The zero-order valence-corrected chi connectivity index (χ0v) is 23.3. The maximum Gasteiger partial charge on any atom is 0.252 e. The molecule has 0 bridgehead atoms. The molecule has 1 N–H and O–H groups in total. The summed E-state index contributed by atoms with van der Waals surface area (Å²) in [7, 11) is 1.45. The van der Waals surface area contributed by atoms with Crippen molar-refractivity contribution in [3.05, 3.63) is 69.6 Å². The number of ketones is 1. The number of nitrogens with zero attached hydrogens (tertiary/aromatic N) is 1. The van der Waals surface area contributed by atoms with Crippen molar-refractivity contribution in [3.8, 4) is 28.4 Å². The molecule has 1 amide bonds. The molecule has 1 aromatic heterocycles. The molecule has 1 aliphatic rings. The van der Waals surface area contributed by atoms with Crippen molar-refractivity contribution in [1.29, 1.82) is 0 Å². The Morgan fingerprint density at radius 3 is 2.51 bits per heavy atom. The molecular weight excluding hydrogens is 524 g/mol. The summed E-state index contributed by atoms with van der Waals surface area (Å²) >= 11 is 6.22. The largest absolute Gasteiger partial charge is 0.495 e. The highest BCUT2D eigenvalue weighted by atomic mass is 35.5. The van der Waals surface area contributed by atoms with Crippen LogP contribution in [0.4, 0.5) is 5.69 Å². The molecule has 4 rings (SSSR count). The predicted octanol–water partition coefficient (Wildman–Crippen LogP) is 5.49. The van der Waals surface area contributed by atoms with Crippen molar-refractivity contribution in [2.75, 3.05) is 25.8 Å². The summed E-state index contributed by atoms with van der Waals surface area (Å²) < 4.78 is 23.6. The van der Waals surface area contributed by atoms with Gasteiger partial charge in [0.25, 0.3) is 5.56 Å². The van der Waals surface area contributed by atoms with E-state index in [0.29, 0.717) is 44.6 Å². The number of anilines is 1. The Balaban J connectivity index is 1.73. The van der Waals surface area contributed by atoms with E-state index in [4.69, 9.17) is 30.5 Å². The second-order valence-corrected chi connectivity index (χ2v) is 10.5. The van der Waals surface area contributed by atoms with Crippen LogP contribution in [0.15, 0.2) is 53.5 Å². The molecule has 1 atom stereocenters. The molecule has 1 aliphatic heterocycles. The third kappa shape index (κ3) is 6.61. The number of ether oxygens (including phenoxy) is 4.